The van der Waals surface area contributed by atoms with Crippen LogP contribution in [0.4, 0.5) is 4.39 Å². The van der Waals surface area contributed by atoms with Gasteiger partial charge in [-0.15, -0.1) is 0 Å². The second-order valence-electron chi connectivity index (χ2n) is 7.71. The zero-order valence-electron chi connectivity index (χ0n) is 17.5. The van der Waals surface area contributed by atoms with Crippen LogP contribution in [0.25, 0.3) is 22.0 Å². The zero-order chi connectivity index (χ0) is 21.9. The smallest absolute Gasteiger partial charge is 0.255 e. The number of hydrogen-bond donors (Lipinski definition) is 0. The lowest BCUT2D eigenvalue weighted by Crippen LogP contribution is -2.26. The number of nitrogens with zero attached hydrogens (tertiary/aromatic N) is 3. The van der Waals surface area contributed by atoms with Crippen LogP contribution in [0.15, 0.2) is 73.1 Å². The number of benzene rings is 2. The highest BCUT2D eigenvalue weighted by Crippen LogP contribution is 2.38. The normalized spacial score (nSPS) is 12.9. The number of rotatable bonds is 7. The van der Waals surface area contributed by atoms with Crippen molar-refractivity contribution in [1.29, 1.82) is 0 Å². The highest BCUT2D eigenvalue weighted by Gasteiger charge is 2.33. The van der Waals surface area contributed by atoms with E-state index in [1.165, 1.54) is 0 Å². The van der Waals surface area contributed by atoms with E-state index in [0.717, 1.165) is 33.3 Å². The van der Waals surface area contributed by atoms with Crippen LogP contribution < -0.4 is 4.74 Å². The first kappa shape index (κ1) is 20.1. The third kappa shape index (κ3) is 3.80. The molecule has 4 aromatic rings. The van der Waals surface area contributed by atoms with E-state index in [2.05, 4.69) is 11.1 Å². The number of carbonyl (C=O) groups is 1. The van der Waals surface area contributed by atoms with Crippen molar-refractivity contribution in [2.45, 2.75) is 13.0 Å². The van der Waals surface area contributed by atoms with Gasteiger partial charge >= 0.3 is 0 Å². The molecule has 0 N–H and O–H groups in total. The maximum Gasteiger partial charge on any atom is 0.255 e. The quantitative estimate of drug-likeness (QED) is 0.423. The van der Waals surface area contributed by atoms with Crippen molar-refractivity contribution < 1.29 is 13.9 Å². The van der Waals surface area contributed by atoms with Crippen LogP contribution in [0.1, 0.15) is 21.6 Å². The van der Waals surface area contributed by atoms with Crippen molar-refractivity contribution in [3.63, 3.8) is 0 Å². The van der Waals surface area contributed by atoms with Gasteiger partial charge in [-0.25, -0.2) is 4.39 Å². The molecule has 1 aliphatic heterocycles. The summed E-state index contributed by atoms with van der Waals surface area (Å²) in [5.74, 6) is 0.522. The Morgan fingerprint density at radius 2 is 1.84 bits per heavy atom. The van der Waals surface area contributed by atoms with E-state index < -0.39 is 6.67 Å². The van der Waals surface area contributed by atoms with E-state index in [1.54, 1.807) is 12.4 Å². The number of carbonyl (C=O) groups excluding carboxylic acids is 1. The molecule has 5 rings (SSSR count). The third-order valence-corrected chi connectivity index (χ3v) is 5.74. The molecule has 1 amide bonds. The summed E-state index contributed by atoms with van der Waals surface area (Å²) < 4.78 is 18.3. The van der Waals surface area contributed by atoms with Crippen molar-refractivity contribution in [2.24, 2.45) is 0 Å². The number of halogens is 1. The summed E-state index contributed by atoms with van der Waals surface area (Å²) in [5.41, 5.74) is 5.08. The van der Waals surface area contributed by atoms with E-state index in [4.69, 9.17) is 9.72 Å². The van der Waals surface area contributed by atoms with Gasteiger partial charge in [0.25, 0.3) is 5.91 Å². The number of amides is 1. The van der Waals surface area contributed by atoms with E-state index >= 15 is 0 Å². The monoisotopic (exact) mass is 427 g/mol. The highest BCUT2D eigenvalue weighted by atomic mass is 19.1. The summed E-state index contributed by atoms with van der Waals surface area (Å²) in [7, 11) is 0. The van der Waals surface area contributed by atoms with Gasteiger partial charge in [0.15, 0.2) is 0 Å². The summed E-state index contributed by atoms with van der Waals surface area (Å²) in [6, 6.07) is 19.5. The molecule has 2 aromatic heterocycles. The summed E-state index contributed by atoms with van der Waals surface area (Å²) >= 11 is 0. The van der Waals surface area contributed by atoms with Crippen molar-refractivity contribution in [3.8, 4) is 16.9 Å². The fraction of sp³-hybridized carbons (Fsp3) is 0.192. The number of pyridine rings is 2. The van der Waals surface area contributed by atoms with Crippen molar-refractivity contribution in [3.05, 3.63) is 89.9 Å². The van der Waals surface area contributed by atoms with Gasteiger partial charge in [0.1, 0.15) is 19.0 Å². The minimum Gasteiger partial charge on any atom is -0.490 e. The minimum atomic E-state index is -0.577. The first-order chi connectivity index (χ1) is 15.7. The molecule has 0 atom stereocenters. The summed E-state index contributed by atoms with van der Waals surface area (Å²) in [6.07, 6.45) is 4.06. The van der Waals surface area contributed by atoms with Crippen LogP contribution in [-0.2, 0) is 13.0 Å². The minimum absolute atomic E-state index is 0.0315. The molecule has 0 bridgehead atoms. The van der Waals surface area contributed by atoms with Gasteiger partial charge in [-0.1, -0.05) is 24.3 Å². The molecule has 2 aromatic carbocycles. The first-order valence-electron chi connectivity index (χ1n) is 10.6. The second kappa shape index (κ2) is 8.75. The third-order valence-electron chi connectivity index (χ3n) is 5.74. The number of alkyl halides is 1. The fourth-order valence-electron chi connectivity index (χ4n) is 4.18. The molecule has 3 heterocycles. The Morgan fingerprint density at radius 3 is 2.69 bits per heavy atom. The molecule has 0 saturated carbocycles. The standard InChI is InChI=1S/C26H22FN3O2/c27-12-16-32-24-8-7-21(18-9-13-28-14-10-18)25-22(24)17-30(26(25)31)15-11-20-6-5-19-3-1-2-4-23(19)29-20/h1-10,13-14H,11-12,15-17H2. The largest absolute Gasteiger partial charge is 0.490 e. The number of para-hydroxylation sites is 1. The van der Waals surface area contributed by atoms with E-state index in [1.807, 2.05) is 59.5 Å². The van der Waals surface area contributed by atoms with Crippen LogP contribution in [-0.4, -0.2) is 40.6 Å². The summed E-state index contributed by atoms with van der Waals surface area (Å²) in [6.45, 7) is 0.363. The van der Waals surface area contributed by atoms with Crippen LogP contribution in [0, 0.1) is 0 Å². The summed E-state index contributed by atoms with van der Waals surface area (Å²) in [4.78, 5) is 24.0. The van der Waals surface area contributed by atoms with Gasteiger partial charge < -0.3 is 9.64 Å². The first-order valence-corrected chi connectivity index (χ1v) is 10.6. The van der Waals surface area contributed by atoms with Crippen molar-refractivity contribution >= 4 is 16.8 Å². The molecule has 0 spiro atoms. The highest BCUT2D eigenvalue weighted by molar-refractivity contribution is 6.05. The molecule has 5 nitrogen and oxygen atoms in total. The molecule has 0 aliphatic carbocycles. The summed E-state index contributed by atoms with van der Waals surface area (Å²) in [5, 5.41) is 1.09. The predicted molar refractivity (Wildman–Crippen MR) is 121 cm³/mol. The van der Waals surface area contributed by atoms with Crippen molar-refractivity contribution in [2.75, 3.05) is 19.8 Å². The number of aromatic nitrogens is 2. The van der Waals surface area contributed by atoms with Crippen LogP contribution >= 0.6 is 0 Å². The SMILES string of the molecule is O=C1c2c(-c3ccncc3)ccc(OCCF)c2CN1CCc1ccc2ccccc2n1. The Hall–Kier alpha value is -3.80. The van der Waals surface area contributed by atoms with E-state index in [9.17, 15) is 9.18 Å². The lowest BCUT2D eigenvalue weighted by molar-refractivity contribution is 0.0780. The van der Waals surface area contributed by atoms with Gasteiger partial charge in [-0.3, -0.25) is 14.8 Å². The Kier molecular flexibility index (Phi) is 5.50. The molecule has 6 heteroatoms. The lowest BCUT2D eigenvalue weighted by Gasteiger charge is -2.15. The fourth-order valence-corrected chi connectivity index (χ4v) is 4.18. The van der Waals surface area contributed by atoms with Gasteiger partial charge in [0, 0.05) is 42.0 Å². The molecule has 32 heavy (non-hydrogen) atoms. The average Bonchev–Trinajstić information content (AvgIpc) is 3.18. The molecule has 1 aliphatic rings. The van der Waals surface area contributed by atoms with Gasteiger partial charge in [-0.2, -0.15) is 0 Å². The molecule has 0 saturated heterocycles. The molecule has 0 fully saturated rings. The molecule has 0 radical (unpaired) electrons. The number of ether oxygens (including phenoxy) is 1. The Balaban J connectivity index is 1.42. The zero-order valence-corrected chi connectivity index (χ0v) is 17.5. The van der Waals surface area contributed by atoms with Crippen molar-refractivity contribution in [1.82, 2.24) is 14.9 Å². The van der Waals surface area contributed by atoms with Gasteiger partial charge in [0.05, 0.1) is 17.6 Å². The number of fused-ring (bicyclic) bond motifs is 2. The Bertz CT molecular complexity index is 1280. The Labute approximate surface area is 185 Å². The number of hydrogen-bond acceptors (Lipinski definition) is 4. The predicted octanol–water partition coefficient (Wildman–Crippen LogP) is 4.84. The molecular weight excluding hydrogens is 405 g/mol. The topological polar surface area (TPSA) is 55.3 Å². The molecular formula is C26H22FN3O2. The maximum atomic E-state index is 13.4. The average molecular weight is 427 g/mol. The van der Waals surface area contributed by atoms with E-state index in [-0.39, 0.29) is 12.5 Å². The van der Waals surface area contributed by atoms with Crippen LogP contribution in [0.5, 0.6) is 5.75 Å². The molecule has 160 valence electrons. The van der Waals surface area contributed by atoms with Gasteiger partial charge in [0.2, 0.25) is 0 Å². The Morgan fingerprint density at radius 1 is 1.00 bits per heavy atom. The maximum absolute atomic E-state index is 13.4. The molecule has 0 unspecified atom stereocenters. The second-order valence-corrected chi connectivity index (χ2v) is 7.71. The van der Waals surface area contributed by atoms with Gasteiger partial charge in [-0.05, 0) is 47.5 Å². The van der Waals surface area contributed by atoms with E-state index in [0.29, 0.717) is 30.8 Å². The van der Waals surface area contributed by atoms with Crippen LogP contribution in [0.3, 0.4) is 0 Å². The van der Waals surface area contributed by atoms with Crippen LogP contribution in [0.2, 0.25) is 0 Å². The lowest BCUT2D eigenvalue weighted by atomic mass is 9.97.